The van der Waals surface area contributed by atoms with Crippen LogP contribution in [0.25, 0.3) is 0 Å². The van der Waals surface area contributed by atoms with Crippen molar-refractivity contribution in [2.45, 2.75) is 52.6 Å². The molecule has 0 saturated carbocycles. The monoisotopic (exact) mass is 262 g/mol. The molecular formula is C17H30N2. The van der Waals surface area contributed by atoms with Gasteiger partial charge in [-0.3, -0.25) is 0 Å². The van der Waals surface area contributed by atoms with Crippen molar-refractivity contribution in [3.05, 3.63) is 35.9 Å². The Morgan fingerprint density at radius 3 is 2.32 bits per heavy atom. The van der Waals surface area contributed by atoms with Crippen LogP contribution in [0.4, 0.5) is 0 Å². The molecule has 0 aliphatic rings. The maximum Gasteiger partial charge on any atom is 0.0332 e. The van der Waals surface area contributed by atoms with Crippen LogP contribution in [0.3, 0.4) is 0 Å². The molecule has 0 saturated heterocycles. The van der Waals surface area contributed by atoms with E-state index in [1.165, 1.54) is 18.4 Å². The second-order valence-electron chi connectivity index (χ2n) is 5.20. The topological polar surface area (TPSA) is 15.3 Å². The minimum absolute atomic E-state index is 0.476. The molecule has 1 aromatic rings. The molecule has 1 N–H and O–H groups in total. The van der Waals surface area contributed by atoms with E-state index in [1.54, 1.807) is 0 Å². The van der Waals surface area contributed by atoms with Crippen LogP contribution >= 0.6 is 0 Å². The van der Waals surface area contributed by atoms with Crippen molar-refractivity contribution in [2.75, 3.05) is 19.6 Å². The molecule has 2 heteroatoms. The van der Waals surface area contributed by atoms with Gasteiger partial charge in [-0.25, -0.2) is 0 Å². The van der Waals surface area contributed by atoms with Gasteiger partial charge in [-0.05, 0) is 38.4 Å². The molecule has 0 heterocycles. The van der Waals surface area contributed by atoms with Gasteiger partial charge in [0.2, 0.25) is 0 Å². The largest absolute Gasteiger partial charge is 0.310 e. The van der Waals surface area contributed by atoms with Gasteiger partial charge in [-0.1, -0.05) is 51.1 Å². The Bertz CT molecular complexity index is 323. The number of hydrogen-bond donors (Lipinski definition) is 1. The average molecular weight is 262 g/mol. The molecule has 0 fully saturated rings. The summed E-state index contributed by atoms with van der Waals surface area (Å²) in [7, 11) is 0. The van der Waals surface area contributed by atoms with Gasteiger partial charge < -0.3 is 10.2 Å². The van der Waals surface area contributed by atoms with E-state index in [9.17, 15) is 0 Å². The molecule has 1 aromatic carbocycles. The van der Waals surface area contributed by atoms with Gasteiger partial charge >= 0.3 is 0 Å². The van der Waals surface area contributed by atoms with Crippen molar-refractivity contribution in [1.82, 2.24) is 10.2 Å². The zero-order chi connectivity index (χ0) is 14.1. The van der Waals surface area contributed by atoms with Gasteiger partial charge in [0.25, 0.3) is 0 Å². The fourth-order valence-corrected chi connectivity index (χ4v) is 2.56. The number of nitrogens with zero attached hydrogens (tertiary/aromatic N) is 1. The molecule has 108 valence electrons. The van der Waals surface area contributed by atoms with Crippen LogP contribution in [0, 0.1) is 0 Å². The second kappa shape index (κ2) is 9.11. The molecule has 19 heavy (non-hydrogen) atoms. The van der Waals surface area contributed by atoms with E-state index < -0.39 is 0 Å². The summed E-state index contributed by atoms with van der Waals surface area (Å²) in [6.45, 7) is 12.4. The van der Waals surface area contributed by atoms with Crippen LogP contribution in [0.2, 0.25) is 0 Å². The summed E-state index contributed by atoms with van der Waals surface area (Å²) in [6.07, 6.45) is 2.40. The van der Waals surface area contributed by atoms with E-state index in [1.807, 2.05) is 0 Å². The highest BCUT2D eigenvalue weighted by Gasteiger charge is 2.14. The molecule has 0 radical (unpaired) electrons. The molecule has 1 rings (SSSR count). The Morgan fingerprint density at radius 2 is 1.79 bits per heavy atom. The van der Waals surface area contributed by atoms with Crippen LogP contribution in [0.1, 0.15) is 52.1 Å². The third-order valence-electron chi connectivity index (χ3n) is 3.98. The molecular weight excluding hydrogens is 232 g/mol. The Kier molecular flexibility index (Phi) is 7.76. The van der Waals surface area contributed by atoms with Crippen molar-refractivity contribution in [3.63, 3.8) is 0 Å². The summed E-state index contributed by atoms with van der Waals surface area (Å²) >= 11 is 0. The second-order valence-corrected chi connectivity index (χ2v) is 5.20. The van der Waals surface area contributed by atoms with Crippen molar-refractivity contribution in [3.8, 4) is 0 Å². The molecule has 0 aliphatic heterocycles. The Hall–Kier alpha value is -0.860. The first-order valence-corrected chi connectivity index (χ1v) is 7.75. The van der Waals surface area contributed by atoms with Gasteiger partial charge in [-0.2, -0.15) is 0 Å². The fourth-order valence-electron chi connectivity index (χ4n) is 2.56. The predicted octanol–water partition coefficient (Wildman–Crippen LogP) is 3.85. The summed E-state index contributed by atoms with van der Waals surface area (Å²) < 4.78 is 0. The van der Waals surface area contributed by atoms with E-state index in [0.717, 1.165) is 19.6 Å². The van der Waals surface area contributed by atoms with Crippen LogP contribution < -0.4 is 5.32 Å². The van der Waals surface area contributed by atoms with Crippen molar-refractivity contribution in [1.29, 1.82) is 0 Å². The normalized spacial score (nSPS) is 14.6. The van der Waals surface area contributed by atoms with Gasteiger partial charge in [0.15, 0.2) is 0 Å². The fraction of sp³-hybridized carbons (Fsp3) is 0.647. The Morgan fingerprint density at radius 1 is 1.11 bits per heavy atom. The minimum atomic E-state index is 0.476. The van der Waals surface area contributed by atoms with Crippen molar-refractivity contribution >= 4 is 0 Å². The number of benzene rings is 1. The van der Waals surface area contributed by atoms with Gasteiger partial charge in [0.05, 0.1) is 0 Å². The minimum Gasteiger partial charge on any atom is -0.310 e. The summed E-state index contributed by atoms with van der Waals surface area (Å²) in [4.78, 5) is 2.58. The third kappa shape index (κ3) is 5.33. The summed E-state index contributed by atoms with van der Waals surface area (Å²) in [6, 6.07) is 12.0. The number of nitrogens with one attached hydrogen (secondary N) is 1. The van der Waals surface area contributed by atoms with Crippen LogP contribution in [-0.4, -0.2) is 30.6 Å². The van der Waals surface area contributed by atoms with E-state index in [0.29, 0.717) is 12.1 Å². The van der Waals surface area contributed by atoms with E-state index >= 15 is 0 Å². The highest BCUT2D eigenvalue weighted by Crippen LogP contribution is 2.17. The maximum absolute atomic E-state index is 3.61. The zero-order valence-electron chi connectivity index (χ0n) is 13.0. The lowest BCUT2D eigenvalue weighted by molar-refractivity contribution is 0.203. The highest BCUT2D eigenvalue weighted by molar-refractivity contribution is 5.18. The van der Waals surface area contributed by atoms with E-state index in [-0.39, 0.29) is 0 Å². The SMILES string of the molecule is CCNC(CCN(CC)C(C)CC)c1ccccc1. The lowest BCUT2D eigenvalue weighted by atomic mass is 10.0. The first kappa shape index (κ1) is 16.2. The van der Waals surface area contributed by atoms with Gasteiger partial charge in [0, 0.05) is 18.6 Å². The van der Waals surface area contributed by atoms with Gasteiger partial charge in [-0.15, -0.1) is 0 Å². The third-order valence-corrected chi connectivity index (χ3v) is 3.98. The van der Waals surface area contributed by atoms with Gasteiger partial charge in [0.1, 0.15) is 0 Å². The summed E-state index contributed by atoms with van der Waals surface area (Å²) in [5.41, 5.74) is 1.41. The van der Waals surface area contributed by atoms with Crippen LogP contribution in [-0.2, 0) is 0 Å². The molecule has 0 aliphatic carbocycles. The zero-order valence-corrected chi connectivity index (χ0v) is 13.0. The van der Waals surface area contributed by atoms with E-state index in [2.05, 4.69) is 68.2 Å². The first-order chi connectivity index (χ1) is 9.22. The molecule has 0 amide bonds. The molecule has 0 spiro atoms. The molecule has 0 bridgehead atoms. The van der Waals surface area contributed by atoms with Crippen molar-refractivity contribution < 1.29 is 0 Å². The van der Waals surface area contributed by atoms with Crippen LogP contribution in [0.15, 0.2) is 30.3 Å². The molecule has 2 atom stereocenters. The standard InChI is InChI=1S/C17H30N2/c1-5-15(4)19(7-3)14-13-17(18-6-2)16-11-9-8-10-12-16/h8-12,15,17-18H,5-7,13-14H2,1-4H3. The molecule has 2 unspecified atom stereocenters. The highest BCUT2D eigenvalue weighted by atomic mass is 15.1. The van der Waals surface area contributed by atoms with Crippen molar-refractivity contribution in [2.24, 2.45) is 0 Å². The Labute approximate surface area is 119 Å². The van der Waals surface area contributed by atoms with Crippen LogP contribution in [0.5, 0.6) is 0 Å². The first-order valence-electron chi connectivity index (χ1n) is 7.75. The van der Waals surface area contributed by atoms with E-state index in [4.69, 9.17) is 0 Å². The predicted molar refractivity (Wildman–Crippen MR) is 84.5 cm³/mol. The lowest BCUT2D eigenvalue weighted by Crippen LogP contribution is -2.35. The maximum atomic E-state index is 3.61. The average Bonchev–Trinajstić information content (AvgIpc) is 2.47. The smallest absolute Gasteiger partial charge is 0.0332 e. The quantitative estimate of drug-likeness (QED) is 0.727. The lowest BCUT2D eigenvalue weighted by Gasteiger charge is -2.29. The Balaban J connectivity index is 2.59. The molecule has 0 aromatic heterocycles. The molecule has 2 nitrogen and oxygen atoms in total. The summed E-state index contributed by atoms with van der Waals surface area (Å²) in [5.74, 6) is 0. The number of hydrogen-bond acceptors (Lipinski definition) is 2. The summed E-state index contributed by atoms with van der Waals surface area (Å²) in [5, 5.41) is 3.61. The number of rotatable bonds is 9.